The average molecular weight is 334 g/mol. The number of halogens is 4. The lowest BCUT2D eigenvalue weighted by molar-refractivity contribution is 0.146. The van der Waals surface area contributed by atoms with Crippen LogP contribution in [-0.2, 0) is 12.5 Å². The minimum atomic E-state index is -2.64. The number of hydrogen-bond donors (Lipinski definition) is 1. The fourth-order valence-corrected chi connectivity index (χ4v) is 2.23. The van der Waals surface area contributed by atoms with Crippen molar-refractivity contribution in [2.24, 2.45) is 0 Å². The Kier molecular flexibility index (Phi) is 4.46. The molecule has 0 bridgehead atoms. The summed E-state index contributed by atoms with van der Waals surface area (Å²) in [6.07, 6.45) is -1.39. The fraction of sp³-hybridized carbons (Fsp3) is 0.375. The zero-order chi connectivity index (χ0) is 10.7. The molecule has 0 spiro atoms. The maximum atomic E-state index is 12.6. The molecule has 0 unspecified atom stereocenters. The number of alkyl halides is 3. The van der Waals surface area contributed by atoms with Crippen LogP contribution in [0.2, 0.25) is 0 Å². The SMILES string of the molecule is OCc1cnc(I)c(CCl)c1C(F)F. The summed E-state index contributed by atoms with van der Waals surface area (Å²) in [4.78, 5) is 3.87. The first kappa shape index (κ1) is 12.1. The van der Waals surface area contributed by atoms with Crippen molar-refractivity contribution in [3.63, 3.8) is 0 Å². The van der Waals surface area contributed by atoms with Gasteiger partial charge in [-0.15, -0.1) is 11.6 Å². The quantitative estimate of drug-likeness (QED) is 0.524. The van der Waals surface area contributed by atoms with Crippen LogP contribution in [-0.4, -0.2) is 10.1 Å². The first-order valence-electron chi connectivity index (χ1n) is 3.73. The third kappa shape index (κ3) is 2.32. The number of aromatic nitrogens is 1. The van der Waals surface area contributed by atoms with Gasteiger partial charge in [-0.2, -0.15) is 0 Å². The minimum absolute atomic E-state index is 0.0290. The summed E-state index contributed by atoms with van der Waals surface area (Å²) >= 11 is 7.39. The maximum absolute atomic E-state index is 12.6. The van der Waals surface area contributed by atoms with Crippen molar-refractivity contribution in [1.82, 2.24) is 4.98 Å². The fourth-order valence-electron chi connectivity index (χ4n) is 1.11. The minimum Gasteiger partial charge on any atom is -0.392 e. The third-order valence-corrected chi connectivity index (χ3v) is 2.97. The lowest BCUT2D eigenvalue weighted by Gasteiger charge is -2.11. The molecule has 0 saturated heterocycles. The topological polar surface area (TPSA) is 33.1 Å². The van der Waals surface area contributed by atoms with E-state index >= 15 is 0 Å². The van der Waals surface area contributed by atoms with Crippen LogP contribution < -0.4 is 0 Å². The molecule has 1 heterocycles. The predicted molar refractivity (Wildman–Crippen MR) is 57.4 cm³/mol. The molecule has 14 heavy (non-hydrogen) atoms. The molecule has 78 valence electrons. The van der Waals surface area contributed by atoms with Crippen molar-refractivity contribution in [2.75, 3.05) is 0 Å². The largest absolute Gasteiger partial charge is 0.392 e. The Balaban J connectivity index is 3.36. The smallest absolute Gasteiger partial charge is 0.264 e. The second-order valence-corrected chi connectivity index (χ2v) is 3.85. The number of aliphatic hydroxyl groups is 1. The van der Waals surface area contributed by atoms with Gasteiger partial charge in [0, 0.05) is 22.9 Å². The number of nitrogens with zero attached hydrogens (tertiary/aromatic N) is 1. The van der Waals surface area contributed by atoms with Crippen molar-refractivity contribution in [2.45, 2.75) is 18.9 Å². The van der Waals surface area contributed by atoms with Crippen LogP contribution in [0.4, 0.5) is 8.78 Å². The monoisotopic (exact) mass is 333 g/mol. The first-order chi connectivity index (χ1) is 6.61. The molecule has 0 fully saturated rings. The van der Waals surface area contributed by atoms with Gasteiger partial charge in [0.15, 0.2) is 0 Å². The van der Waals surface area contributed by atoms with Gasteiger partial charge in [-0.1, -0.05) is 0 Å². The van der Waals surface area contributed by atoms with Crippen molar-refractivity contribution < 1.29 is 13.9 Å². The summed E-state index contributed by atoms with van der Waals surface area (Å²) < 4.78 is 25.7. The number of rotatable bonds is 3. The predicted octanol–water partition coefficient (Wildman–Crippen LogP) is 2.85. The molecule has 1 aromatic rings. The maximum Gasteiger partial charge on any atom is 0.264 e. The molecule has 2 nitrogen and oxygen atoms in total. The highest BCUT2D eigenvalue weighted by Gasteiger charge is 2.19. The van der Waals surface area contributed by atoms with Crippen LogP contribution in [0.15, 0.2) is 6.20 Å². The summed E-state index contributed by atoms with van der Waals surface area (Å²) in [6, 6.07) is 0. The first-order valence-corrected chi connectivity index (χ1v) is 5.34. The Morgan fingerprint density at radius 1 is 1.57 bits per heavy atom. The summed E-state index contributed by atoms with van der Waals surface area (Å²) in [6.45, 7) is -0.451. The average Bonchev–Trinajstić information content (AvgIpc) is 2.17. The Hall–Kier alpha value is -0.0100. The van der Waals surface area contributed by atoms with Gasteiger partial charge < -0.3 is 5.11 Å². The molecule has 0 aliphatic rings. The third-order valence-electron chi connectivity index (χ3n) is 1.78. The van der Waals surface area contributed by atoms with Crippen LogP contribution in [0.25, 0.3) is 0 Å². The molecule has 0 aliphatic carbocycles. The van der Waals surface area contributed by atoms with E-state index in [1.54, 1.807) is 0 Å². The van der Waals surface area contributed by atoms with Crippen molar-refractivity contribution in [1.29, 1.82) is 0 Å². The molecule has 1 rings (SSSR count). The van der Waals surface area contributed by atoms with Crippen LogP contribution in [0.3, 0.4) is 0 Å². The van der Waals surface area contributed by atoms with Gasteiger partial charge in [0.1, 0.15) is 3.70 Å². The van der Waals surface area contributed by atoms with E-state index in [-0.39, 0.29) is 17.0 Å². The van der Waals surface area contributed by atoms with Crippen LogP contribution in [0.5, 0.6) is 0 Å². The Morgan fingerprint density at radius 3 is 2.64 bits per heavy atom. The molecule has 0 aliphatic heterocycles. The van der Waals surface area contributed by atoms with Gasteiger partial charge >= 0.3 is 0 Å². The highest BCUT2D eigenvalue weighted by Crippen LogP contribution is 2.29. The van der Waals surface area contributed by atoms with E-state index in [1.165, 1.54) is 6.20 Å². The van der Waals surface area contributed by atoms with Gasteiger partial charge in [0.2, 0.25) is 0 Å². The molecule has 0 amide bonds. The summed E-state index contributed by atoms with van der Waals surface area (Å²) in [5.41, 5.74) is 0.242. The highest BCUT2D eigenvalue weighted by molar-refractivity contribution is 14.1. The molecular formula is C8H7ClF2INO. The summed E-state index contributed by atoms with van der Waals surface area (Å²) in [7, 11) is 0. The lowest BCUT2D eigenvalue weighted by Crippen LogP contribution is -2.04. The highest BCUT2D eigenvalue weighted by atomic mass is 127. The molecule has 0 aromatic carbocycles. The van der Waals surface area contributed by atoms with Crippen LogP contribution >= 0.6 is 34.2 Å². The summed E-state index contributed by atoms with van der Waals surface area (Å²) in [5.74, 6) is -0.0290. The van der Waals surface area contributed by atoms with Gasteiger partial charge in [-0.3, -0.25) is 0 Å². The van der Waals surface area contributed by atoms with E-state index in [9.17, 15) is 8.78 Å². The summed E-state index contributed by atoms with van der Waals surface area (Å²) in [5, 5.41) is 8.86. The van der Waals surface area contributed by atoms with E-state index < -0.39 is 13.0 Å². The number of pyridine rings is 1. The van der Waals surface area contributed by atoms with Crippen LogP contribution in [0.1, 0.15) is 23.1 Å². The van der Waals surface area contributed by atoms with E-state index in [0.717, 1.165) is 0 Å². The molecule has 1 aromatic heterocycles. The number of hydrogen-bond acceptors (Lipinski definition) is 2. The van der Waals surface area contributed by atoms with Gasteiger partial charge in [0.05, 0.1) is 12.5 Å². The normalized spacial score (nSPS) is 11.0. The van der Waals surface area contributed by atoms with Crippen molar-refractivity contribution >= 4 is 34.2 Å². The Morgan fingerprint density at radius 2 is 2.21 bits per heavy atom. The molecule has 6 heteroatoms. The second-order valence-electron chi connectivity index (χ2n) is 2.56. The van der Waals surface area contributed by atoms with Crippen molar-refractivity contribution in [3.8, 4) is 0 Å². The zero-order valence-corrected chi connectivity index (χ0v) is 9.89. The van der Waals surface area contributed by atoms with Crippen molar-refractivity contribution in [3.05, 3.63) is 26.6 Å². The number of aliphatic hydroxyl groups excluding tert-OH is 1. The Bertz CT molecular complexity index is 335. The van der Waals surface area contributed by atoms with Crippen LogP contribution in [0, 0.1) is 3.70 Å². The zero-order valence-electron chi connectivity index (χ0n) is 6.98. The standard InChI is InChI=1S/C8H7ClF2INO/c9-1-5-6(7(10)11)4(3-14)2-13-8(5)12/h2,7,14H,1,3H2. The van der Waals surface area contributed by atoms with E-state index in [0.29, 0.717) is 9.26 Å². The lowest BCUT2D eigenvalue weighted by atomic mass is 10.1. The molecule has 0 atom stereocenters. The van der Waals surface area contributed by atoms with E-state index in [4.69, 9.17) is 16.7 Å². The molecule has 0 saturated carbocycles. The Labute approximate surface area is 98.4 Å². The van der Waals surface area contributed by atoms with E-state index in [1.807, 2.05) is 22.6 Å². The van der Waals surface area contributed by atoms with Gasteiger partial charge in [0.25, 0.3) is 6.43 Å². The molecule has 0 radical (unpaired) electrons. The second kappa shape index (κ2) is 5.18. The van der Waals surface area contributed by atoms with Gasteiger partial charge in [-0.25, -0.2) is 13.8 Å². The van der Waals surface area contributed by atoms with E-state index in [2.05, 4.69) is 4.98 Å². The molecule has 1 N–H and O–H groups in total. The molecular weight excluding hydrogens is 326 g/mol. The van der Waals surface area contributed by atoms with Gasteiger partial charge in [-0.05, 0) is 22.6 Å².